The Morgan fingerprint density at radius 2 is 1.66 bits per heavy atom. The zero-order valence-electron chi connectivity index (χ0n) is 16.8. The summed E-state index contributed by atoms with van der Waals surface area (Å²) >= 11 is 5.85. The molecule has 0 aliphatic heterocycles. The Labute approximate surface area is 189 Å². The average Bonchev–Trinajstić information content (AvgIpc) is 2.69. The molecule has 0 spiro atoms. The maximum Gasteiger partial charge on any atom is 0.362 e. The Morgan fingerprint density at radius 3 is 2.22 bits per heavy atom. The zero-order chi connectivity index (χ0) is 23.7. The molecule has 0 atom stereocenters. The van der Waals surface area contributed by atoms with Gasteiger partial charge in [0.05, 0.1) is 11.0 Å². The van der Waals surface area contributed by atoms with Crippen LogP contribution in [0.25, 0.3) is 0 Å². The van der Waals surface area contributed by atoms with Gasteiger partial charge in [0.2, 0.25) is 5.91 Å². The highest BCUT2D eigenvalue weighted by Gasteiger charge is 2.50. The summed E-state index contributed by atoms with van der Waals surface area (Å²) in [6.07, 6.45) is -1.61. The van der Waals surface area contributed by atoms with Gasteiger partial charge in [0.1, 0.15) is 16.4 Å². The van der Waals surface area contributed by atoms with Crippen molar-refractivity contribution in [2.75, 3.05) is 0 Å². The highest BCUT2D eigenvalue weighted by atomic mass is 35.5. The van der Waals surface area contributed by atoms with Crippen molar-refractivity contribution in [2.45, 2.75) is 48.4 Å². The van der Waals surface area contributed by atoms with Gasteiger partial charge in [-0.1, -0.05) is 11.6 Å². The molecule has 2 aromatic rings. The topological polar surface area (TPSA) is 107 Å². The van der Waals surface area contributed by atoms with Crippen molar-refractivity contribution >= 4 is 37.6 Å². The summed E-state index contributed by atoms with van der Waals surface area (Å²) in [5.74, 6) is -2.55. The second-order valence-corrected chi connectivity index (χ2v) is 11.5. The quantitative estimate of drug-likeness (QED) is 0.640. The number of hydrogen-bond acceptors (Lipinski definition) is 6. The Balaban J connectivity index is 2.02. The minimum absolute atomic E-state index is 0.0956. The lowest BCUT2D eigenvalue weighted by atomic mass is 9.81. The highest BCUT2D eigenvalue weighted by molar-refractivity contribution is 7.92. The van der Waals surface area contributed by atoms with Crippen LogP contribution in [0.3, 0.4) is 0 Å². The maximum atomic E-state index is 14.8. The van der Waals surface area contributed by atoms with E-state index in [1.165, 1.54) is 24.3 Å². The van der Waals surface area contributed by atoms with Crippen LogP contribution in [0.4, 0.5) is 8.78 Å². The van der Waals surface area contributed by atoms with E-state index in [1.54, 1.807) is 4.72 Å². The van der Waals surface area contributed by atoms with Crippen LogP contribution in [0.5, 0.6) is 0 Å². The molecular weight excluding hydrogens is 488 g/mol. The van der Waals surface area contributed by atoms with Gasteiger partial charge in [-0.3, -0.25) is 8.98 Å². The SMILES string of the molecule is CC(=O)NS(=O)(=O)OC1CCC(c2cc(F)ccc2F)(S(=O)(=O)c2ccc(Cl)cc2)CC1. The van der Waals surface area contributed by atoms with Crippen LogP contribution in [0.15, 0.2) is 47.4 Å². The summed E-state index contributed by atoms with van der Waals surface area (Å²) in [6, 6.07) is 7.89. The molecule has 174 valence electrons. The van der Waals surface area contributed by atoms with Gasteiger partial charge in [-0.05, 0) is 68.1 Å². The number of carbonyl (C=O) groups excluding carboxylic acids is 1. The van der Waals surface area contributed by atoms with E-state index < -0.39 is 48.5 Å². The molecule has 12 heteroatoms. The summed E-state index contributed by atoms with van der Waals surface area (Å²) < 4.78 is 84.7. The van der Waals surface area contributed by atoms with Crippen molar-refractivity contribution in [1.82, 2.24) is 4.72 Å². The van der Waals surface area contributed by atoms with Crippen LogP contribution in [0, 0.1) is 11.6 Å². The van der Waals surface area contributed by atoms with Crippen LogP contribution in [0.1, 0.15) is 38.2 Å². The van der Waals surface area contributed by atoms with E-state index in [9.17, 15) is 30.4 Å². The zero-order valence-corrected chi connectivity index (χ0v) is 19.2. The molecule has 32 heavy (non-hydrogen) atoms. The van der Waals surface area contributed by atoms with E-state index in [4.69, 9.17) is 15.8 Å². The van der Waals surface area contributed by atoms with Gasteiger partial charge in [0.25, 0.3) is 0 Å². The first kappa shape index (κ1) is 24.6. The molecular formula is C20H20ClF2NO6S2. The van der Waals surface area contributed by atoms with Gasteiger partial charge in [-0.2, -0.15) is 8.42 Å². The fraction of sp³-hybridized carbons (Fsp3) is 0.350. The van der Waals surface area contributed by atoms with Crippen LogP contribution in [-0.2, 0) is 33.9 Å². The van der Waals surface area contributed by atoms with Crippen LogP contribution in [-0.4, -0.2) is 28.8 Å². The van der Waals surface area contributed by atoms with Crippen molar-refractivity contribution in [3.05, 3.63) is 64.7 Å². The molecule has 0 saturated heterocycles. The second-order valence-electron chi connectivity index (χ2n) is 7.48. The van der Waals surface area contributed by atoms with Crippen molar-refractivity contribution < 1.29 is 34.6 Å². The van der Waals surface area contributed by atoms with E-state index in [0.29, 0.717) is 5.02 Å². The molecule has 1 amide bonds. The summed E-state index contributed by atoms with van der Waals surface area (Å²) in [5.41, 5.74) is -0.337. The number of hydrogen-bond donors (Lipinski definition) is 1. The third-order valence-corrected chi connectivity index (χ3v) is 9.19. The molecule has 1 N–H and O–H groups in total. The number of benzene rings is 2. The number of sulfone groups is 1. The Hall–Kier alpha value is -2.08. The third-order valence-electron chi connectivity index (χ3n) is 5.33. The standard InChI is InChI=1S/C20H20ClF2NO6S2/c1-13(25)24-32(28,29)30-16-8-10-20(11-9-16,18-12-15(22)4-7-19(18)23)31(26,27)17-5-2-14(21)3-6-17/h2-7,12,16H,8-11H2,1H3,(H,24,25). The lowest BCUT2D eigenvalue weighted by Gasteiger charge is -2.39. The summed E-state index contributed by atoms with van der Waals surface area (Å²) in [4.78, 5) is 10.9. The number of amides is 1. The van der Waals surface area contributed by atoms with E-state index in [0.717, 1.165) is 25.1 Å². The molecule has 7 nitrogen and oxygen atoms in total. The van der Waals surface area contributed by atoms with Gasteiger partial charge in [0, 0.05) is 17.5 Å². The number of halogens is 3. The van der Waals surface area contributed by atoms with Crippen molar-refractivity contribution in [3.8, 4) is 0 Å². The van der Waals surface area contributed by atoms with E-state index in [1.807, 2.05) is 0 Å². The minimum atomic E-state index is -4.39. The highest BCUT2D eigenvalue weighted by Crippen LogP contribution is 2.48. The lowest BCUT2D eigenvalue weighted by molar-refractivity contribution is -0.117. The molecule has 1 fully saturated rings. The van der Waals surface area contributed by atoms with E-state index >= 15 is 0 Å². The van der Waals surface area contributed by atoms with Gasteiger partial charge >= 0.3 is 10.3 Å². The summed E-state index contributed by atoms with van der Waals surface area (Å²) in [7, 11) is -8.65. The third kappa shape index (κ3) is 4.95. The molecule has 1 aliphatic rings. The first-order valence-electron chi connectivity index (χ1n) is 9.54. The smallest absolute Gasteiger partial charge is 0.274 e. The largest absolute Gasteiger partial charge is 0.362 e. The Bertz CT molecular complexity index is 1230. The molecule has 0 aromatic heterocycles. The molecule has 3 rings (SSSR count). The fourth-order valence-electron chi connectivity index (χ4n) is 3.90. The van der Waals surface area contributed by atoms with Crippen LogP contribution in [0.2, 0.25) is 5.02 Å². The molecule has 0 bridgehead atoms. The van der Waals surface area contributed by atoms with Gasteiger partial charge in [0.15, 0.2) is 9.84 Å². The van der Waals surface area contributed by atoms with Crippen LogP contribution >= 0.6 is 11.6 Å². The first-order chi connectivity index (χ1) is 14.9. The van der Waals surface area contributed by atoms with Crippen LogP contribution < -0.4 is 4.72 Å². The number of nitrogens with one attached hydrogen (secondary N) is 1. The fourth-order valence-corrected chi connectivity index (χ4v) is 7.14. The van der Waals surface area contributed by atoms with Crippen molar-refractivity contribution in [2.24, 2.45) is 0 Å². The molecule has 0 unspecified atom stereocenters. The summed E-state index contributed by atoms with van der Waals surface area (Å²) in [6.45, 7) is 0.998. The predicted octanol–water partition coefficient (Wildman–Crippen LogP) is 3.63. The first-order valence-corrected chi connectivity index (χ1v) is 12.8. The Morgan fingerprint density at radius 1 is 1.06 bits per heavy atom. The molecule has 0 radical (unpaired) electrons. The average molecular weight is 508 g/mol. The van der Waals surface area contributed by atoms with Crippen molar-refractivity contribution in [1.29, 1.82) is 0 Å². The number of carbonyl (C=O) groups is 1. The molecule has 1 saturated carbocycles. The predicted molar refractivity (Wildman–Crippen MR) is 113 cm³/mol. The maximum absolute atomic E-state index is 14.8. The van der Waals surface area contributed by atoms with Crippen molar-refractivity contribution in [3.63, 3.8) is 0 Å². The molecule has 0 heterocycles. The minimum Gasteiger partial charge on any atom is -0.274 e. The van der Waals surface area contributed by atoms with Gasteiger partial charge in [-0.25, -0.2) is 21.9 Å². The molecule has 1 aliphatic carbocycles. The number of rotatable bonds is 6. The molecule has 2 aromatic carbocycles. The van der Waals surface area contributed by atoms with E-state index in [-0.39, 0.29) is 36.1 Å². The summed E-state index contributed by atoms with van der Waals surface area (Å²) in [5, 5.41) is 0.301. The lowest BCUT2D eigenvalue weighted by Crippen LogP contribution is -2.43. The monoisotopic (exact) mass is 507 g/mol. The van der Waals surface area contributed by atoms with Gasteiger partial charge < -0.3 is 0 Å². The van der Waals surface area contributed by atoms with Gasteiger partial charge in [-0.15, -0.1) is 0 Å². The normalized spacial score (nSPS) is 21.8. The van der Waals surface area contributed by atoms with E-state index in [2.05, 4.69) is 0 Å². The Kier molecular flexibility index (Phi) is 6.94. The second kappa shape index (κ2) is 9.05.